The van der Waals surface area contributed by atoms with Crippen molar-refractivity contribution >= 4 is 11.8 Å². The van der Waals surface area contributed by atoms with Gasteiger partial charge in [-0.05, 0) is 36.4 Å². The molecule has 1 heterocycles. The second-order valence-corrected chi connectivity index (χ2v) is 4.40. The van der Waals surface area contributed by atoms with Crippen molar-refractivity contribution in [3.05, 3.63) is 47.8 Å². The fourth-order valence-electron chi connectivity index (χ4n) is 1.35. The Balaban J connectivity index is 2.26. The number of aryl methyl sites for hydroxylation is 1. The monoisotopic (exact) mass is 231 g/mol. The van der Waals surface area contributed by atoms with Gasteiger partial charge in [-0.1, -0.05) is 18.2 Å². The van der Waals surface area contributed by atoms with Crippen LogP contribution in [0, 0.1) is 6.92 Å². The molecule has 3 nitrogen and oxygen atoms in total. The minimum Gasteiger partial charge on any atom is -0.326 e. The number of hydrogen-bond donors (Lipinski definition) is 1. The summed E-state index contributed by atoms with van der Waals surface area (Å²) in [6.07, 6.45) is 1.77. The summed E-state index contributed by atoms with van der Waals surface area (Å²) in [5.74, 6) is 0. The van der Waals surface area contributed by atoms with E-state index in [9.17, 15) is 0 Å². The van der Waals surface area contributed by atoms with Gasteiger partial charge in [-0.25, -0.2) is 9.97 Å². The highest BCUT2D eigenvalue weighted by Crippen LogP contribution is 2.27. The van der Waals surface area contributed by atoms with Crippen molar-refractivity contribution in [3.63, 3.8) is 0 Å². The molecule has 4 heteroatoms. The van der Waals surface area contributed by atoms with Crippen molar-refractivity contribution in [1.29, 1.82) is 0 Å². The zero-order valence-corrected chi connectivity index (χ0v) is 9.87. The number of hydrogen-bond acceptors (Lipinski definition) is 4. The van der Waals surface area contributed by atoms with E-state index >= 15 is 0 Å². The maximum Gasteiger partial charge on any atom is 0.192 e. The van der Waals surface area contributed by atoms with Gasteiger partial charge in [0.15, 0.2) is 5.16 Å². The minimum atomic E-state index is 0.537. The van der Waals surface area contributed by atoms with Gasteiger partial charge in [0.2, 0.25) is 0 Å². The van der Waals surface area contributed by atoms with E-state index in [4.69, 9.17) is 5.73 Å². The summed E-state index contributed by atoms with van der Waals surface area (Å²) in [5.41, 5.74) is 7.78. The van der Waals surface area contributed by atoms with Crippen LogP contribution in [0.5, 0.6) is 0 Å². The quantitative estimate of drug-likeness (QED) is 0.824. The number of rotatable bonds is 3. The standard InChI is InChI=1S/C12H13N3S/c1-9-6-7-14-12(15-9)16-11-5-3-2-4-10(11)8-13/h2-7H,8,13H2,1H3. The third-order valence-corrected chi connectivity index (χ3v) is 3.16. The van der Waals surface area contributed by atoms with Crippen molar-refractivity contribution in [3.8, 4) is 0 Å². The molecule has 0 aliphatic heterocycles. The van der Waals surface area contributed by atoms with Crippen LogP contribution in [-0.2, 0) is 6.54 Å². The molecule has 0 bridgehead atoms. The molecular formula is C12H13N3S. The van der Waals surface area contributed by atoms with Crippen LogP contribution >= 0.6 is 11.8 Å². The molecule has 2 aromatic rings. The molecule has 0 amide bonds. The molecule has 0 saturated carbocycles. The number of nitrogens with zero attached hydrogens (tertiary/aromatic N) is 2. The van der Waals surface area contributed by atoms with Gasteiger partial charge in [-0.2, -0.15) is 0 Å². The summed E-state index contributed by atoms with van der Waals surface area (Å²) in [5, 5.41) is 0.765. The first-order valence-electron chi connectivity index (χ1n) is 5.05. The average molecular weight is 231 g/mol. The molecule has 0 unspecified atom stereocenters. The Morgan fingerprint density at radius 1 is 1.25 bits per heavy atom. The topological polar surface area (TPSA) is 51.8 Å². The Bertz CT molecular complexity index is 485. The van der Waals surface area contributed by atoms with E-state index in [1.54, 1.807) is 18.0 Å². The Morgan fingerprint density at radius 3 is 2.81 bits per heavy atom. The lowest BCUT2D eigenvalue weighted by atomic mass is 10.2. The summed E-state index contributed by atoms with van der Waals surface area (Å²) in [6.45, 7) is 2.50. The normalized spacial score (nSPS) is 10.4. The zero-order valence-electron chi connectivity index (χ0n) is 9.05. The lowest BCUT2D eigenvalue weighted by Gasteiger charge is -2.05. The third-order valence-electron chi connectivity index (χ3n) is 2.17. The Hall–Kier alpha value is -1.39. The maximum absolute atomic E-state index is 5.68. The molecule has 2 rings (SSSR count). The molecule has 0 atom stereocenters. The first kappa shape index (κ1) is 11.1. The second kappa shape index (κ2) is 5.09. The summed E-state index contributed by atoms with van der Waals surface area (Å²) < 4.78 is 0. The predicted octanol–water partition coefficient (Wildman–Crippen LogP) is 2.39. The molecule has 0 saturated heterocycles. The van der Waals surface area contributed by atoms with Gasteiger partial charge >= 0.3 is 0 Å². The predicted molar refractivity (Wildman–Crippen MR) is 65.2 cm³/mol. The van der Waals surface area contributed by atoms with Crippen molar-refractivity contribution in [2.45, 2.75) is 23.5 Å². The molecular weight excluding hydrogens is 218 g/mol. The van der Waals surface area contributed by atoms with Gasteiger partial charge in [0.25, 0.3) is 0 Å². The van der Waals surface area contributed by atoms with E-state index in [1.165, 1.54) is 0 Å². The van der Waals surface area contributed by atoms with Crippen LogP contribution in [0.2, 0.25) is 0 Å². The lowest BCUT2D eigenvalue weighted by Crippen LogP contribution is -1.98. The van der Waals surface area contributed by atoms with Crippen molar-refractivity contribution in [2.24, 2.45) is 5.73 Å². The third kappa shape index (κ3) is 2.59. The van der Waals surface area contributed by atoms with E-state index in [1.807, 2.05) is 37.3 Å². The molecule has 0 radical (unpaired) electrons. The zero-order chi connectivity index (χ0) is 11.4. The Morgan fingerprint density at radius 2 is 2.06 bits per heavy atom. The van der Waals surface area contributed by atoms with Crippen LogP contribution in [0.3, 0.4) is 0 Å². The molecule has 1 aromatic heterocycles. The van der Waals surface area contributed by atoms with E-state index < -0.39 is 0 Å². The van der Waals surface area contributed by atoms with Gasteiger partial charge in [-0.3, -0.25) is 0 Å². The van der Waals surface area contributed by atoms with E-state index in [-0.39, 0.29) is 0 Å². The molecule has 0 aliphatic carbocycles. The van der Waals surface area contributed by atoms with Gasteiger partial charge in [0, 0.05) is 23.3 Å². The van der Waals surface area contributed by atoms with E-state index in [0.717, 1.165) is 21.3 Å². The van der Waals surface area contributed by atoms with Crippen LogP contribution in [0.4, 0.5) is 0 Å². The molecule has 82 valence electrons. The maximum atomic E-state index is 5.68. The Labute approximate surface area is 99.1 Å². The van der Waals surface area contributed by atoms with Gasteiger partial charge < -0.3 is 5.73 Å². The first-order valence-corrected chi connectivity index (χ1v) is 5.86. The highest BCUT2D eigenvalue weighted by atomic mass is 32.2. The van der Waals surface area contributed by atoms with Crippen LogP contribution < -0.4 is 5.73 Å². The highest BCUT2D eigenvalue weighted by Gasteiger charge is 2.04. The van der Waals surface area contributed by atoms with E-state index in [0.29, 0.717) is 6.54 Å². The molecule has 0 fully saturated rings. The van der Waals surface area contributed by atoms with Crippen molar-refractivity contribution in [1.82, 2.24) is 9.97 Å². The second-order valence-electron chi connectivity index (χ2n) is 3.39. The van der Waals surface area contributed by atoms with Crippen LogP contribution in [-0.4, -0.2) is 9.97 Å². The molecule has 16 heavy (non-hydrogen) atoms. The molecule has 1 aromatic carbocycles. The average Bonchev–Trinajstić information content (AvgIpc) is 2.30. The van der Waals surface area contributed by atoms with Crippen LogP contribution in [0.1, 0.15) is 11.3 Å². The van der Waals surface area contributed by atoms with Crippen molar-refractivity contribution in [2.75, 3.05) is 0 Å². The first-order chi connectivity index (χ1) is 7.79. The van der Waals surface area contributed by atoms with Gasteiger partial charge in [-0.15, -0.1) is 0 Å². The fraction of sp³-hybridized carbons (Fsp3) is 0.167. The molecule has 0 aliphatic rings. The largest absolute Gasteiger partial charge is 0.326 e. The summed E-state index contributed by atoms with van der Waals surface area (Å²) >= 11 is 1.55. The summed E-state index contributed by atoms with van der Waals surface area (Å²) in [7, 11) is 0. The van der Waals surface area contributed by atoms with E-state index in [2.05, 4.69) is 9.97 Å². The molecule has 0 spiro atoms. The number of nitrogens with two attached hydrogens (primary N) is 1. The summed E-state index contributed by atoms with van der Waals surface area (Å²) in [4.78, 5) is 9.70. The minimum absolute atomic E-state index is 0.537. The van der Waals surface area contributed by atoms with Crippen LogP contribution in [0.25, 0.3) is 0 Å². The lowest BCUT2D eigenvalue weighted by molar-refractivity contribution is 0.928. The smallest absolute Gasteiger partial charge is 0.192 e. The Kier molecular flexibility index (Phi) is 3.54. The molecule has 2 N–H and O–H groups in total. The fourth-order valence-corrected chi connectivity index (χ4v) is 2.27. The highest BCUT2D eigenvalue weighted by molar-refractivity contribution is 7.99. The van der Waals surface area contributed by atoms with Gasteiger partial charge in [0.05, 0.1) is 0 Å². The summed E-state index contributed by atoms with van der Waals surface area (Å²) in [6, 6.07) is 9.94. The van der Waals surface area contributed by atoms with Crippen molar-refractivity contribution < 1.29 is 0 Å². The SMILES string of the molecule is Cc1ccnc(Sc2ccccc2CN)n1. The van der Waals surface area contributed by atoms with Gasteiger partial charge in [0.1, 0.15) is 0 Å². The number of benzene rings is 1. The number of aromatic nitrogens is 2. The van der Waals surface area contributed by atoms with Crippen LogP contribution in [0.15, 0.2) is 46.6 Å².